The molecule has 0 bridgehead atoms. The number of amides is 1. The molecule has 1 heterocycles. The lowest BCUT2D eigenvalue weighted by Gasteiger charge is -2.13. The largest absolute Gasteiger partial charge is 0.495 e. The maximum Gasteiger partial charge on any atom is 0.287 e. The molecule has 0 radical (unpaired) electrons. The topological polar surface area (TPSA) is 119 Å². The summed E-state index contributed by atoms with van der Waals surface area (Å²) in [4.78, 5) is 27.8. The Bertz CT molecular complexity index is 1480. The second-order valence-electron chi connectivity index (χ2n) is 7.05. The maximum absolute atomic E-state index is 13.0. The molecule has 0 fully saturated rings. The van der Waals surface area contributed by atoms with Gasteiger partial charge in [0.2, 0.25) is 0 Å². The number of nitrogens with zero attached hydrogens (tertiary/aromatic N) is 2. The number of carbonyl (C=O) groups excluding carboxylic acids is 1. The Balaban J connectivity index is 1.68. The van der Waals surface area contributed by atoms with Gasteiger partial charge in [-0.1, -0.05) is 60.7 Å². The minimum absolute atomic E-state index is 0.0937. The minimum Gasteiger partial charge on any atom is -0.495 e. The zero-order valence-electron chi connectivity index (χ0n) is 17.6. The first kappa shape index (κ1) is 22.2. The number of aromatic nitrogens is 2. The average molecular weight is 465 g/mol. The van der Waals surface area contributed by atoms with E-state index in [1.807, 2.05) is 30.3 Å². The Kier molecular flexibility index (Phi) is 6.20. The first-order valence-corrected chi connectivity index (χ1v) is 11.4. The molecule has 1 aromatic heterocycles. The van der Waals surface area contributed by atoms with Crippen LogP contribution in [0.15, 0.2) is 88.6 Å². The molecule has 33 heavy (non-hydrogen) atoms. The molecule has 3 aromatic carbocycles. The van der Waals surface area contributed by atoms with Crippen LogP contribution >= 0.6 is 0 Å². The van der Waals surface area contributed by atoms with Crippen molar-refractivity contribution in [2.45, 2.75) is 11.4 Å². The normalized spacial score (nSPS) is 11.3. The molecule has 0 saturated carbocycles. The Morgan fingerprint density at radius 1 is 0.939 bits per heavy atom. The van der Waals surface area contributed by atoms with Gasteiger partial charge in [-0.05, 0) is 23.8 Å². The standard InChI is InChI=1S/C23H20N4O5S/c1-32-19-13-7-8-14-20(19)33(30,31)26-24-22(28)21-17-11-5-6-12-18(17)23(29)27(25-21)15-16-9-3-2-4-10-16/h2-14,26H,15H2,1H3,(H,24,28). The first-order valence-electron chi connectivity index (χ1n) is 9.89. The highest BCUT2D eigenvalue weighted by Gasteiger charge is 2.22. The lowest BCUT2D eigenvalue weighted by Crippen LogP contribution is -2.42. The molecule has 10 heteroatoms. The van der Waals surface area contributed by atoms with Gasteiger partial charge in [-0.25, -0.2) is 13.1 Å². The number of nitrogens with one attached hydrogen (secondary N) is 2. The zero-order chi connectivity index (χ0) is 23.4. The molecule has 0 atom stereocenters. The van der Waals surface area contributed by atoms with Crippen molar-refractivity contribution in [3.8, 4) is 5.75 Å². The van der Waals surface area contributed by atoms with E-state index < -0.39 is 15.9 Å². The number of hydrazine groups is 1. The van der Waals surface area contributed by atoms with Crippen molar-refractivity contribution in [2.75, 3.05) is 7.11 Å². The minimum atomic E-state index is -4.13. The molecule has 4 aromatic rings. The lowest BCUT2D eigenvalue weighted by molar-refractivity contribution is 0.0939. The third-order valence-corrected chi connectivity index (χ3v) is 6.20. The predicted octanol–water partition coefficient (Wildman–Crippen LogP) is 2.08. The highest BCUT2D eigenvalue weighted by Crippen LogP contribution is 2.22. The Labute approximate surface area is 189 Å². The summed E-state index contributed by atoms with van der Waals surface area (Å²) in [5.74, 6) is -0.689. The third-order valence-electron chi connectivity index (χ3n) is 4.92. The van der Waals surface area contributed by atoms with Crippen LogP contribution in [0.3, 0.4) is 0 Å². The Morgan fingerprint density at radius 2 is 1.58 bits per heavy atom. The molecular weight excluding hydrogens is 444 g/mol. The molecular formula is C23H20N4O5S. The summed E-state index contributed by atoms with van der Waals surface area (Å²) < 4.78 is 31.6. The quantitative estimate of drug-likeness (QED) is 0.404. The predicted molar refractivity (Wildman–Crippen MR) is 122 cm³/mol. The molecule has 168 valence electrons. The zero-order valence-corrected chi connectivity index (χ0v) is 18.4. The van der Waals surface area contributed by atoms with E-state index in [9.17, 15) is 18.0 Å². The van der Waals surface area contributed by atoms with Crippen molar-refractivity contribution < 1.29 is 17.9 Å². The summed E-state index contributed by atoms with van der Waals surface area (Å²) in [6.45, 7) is 0.151. The van der Waals surface area contributed by atoms with Crippen LogP contribution in [-0.4, -0.2) is 31.2 Å². The average Bonchev–Trinajstić information content (AvgIpc) is 2.85. The number of rotatable bonds is 7. The van der Waals surface area contributed by atoms with Gasteiger partial charge in [-0.2, -0.15) is 5.10 Å². The second kappa shape index (κ2) is 9.23. The van der Waals surface area contributed by atoms with Gasteiger partial charge in [0, 0.05) is 5.39 Å². The second-order valence-corrected chi connectivity index (χ2v) is 8.70. The van der Waals surface area contributed by atoms with E-state index in [4.69, 9.17) is 4.74 Å². The molecule has 0 aliphatic carbocycles. The number of sulfonamides is 1. The summed E-state index contributed by atoms with van der Waals surface area (Å²) in [7, 11) is -2.78. The van der Waals surface area contributed by atoms with Gasteiger partial charge >= 0.3 is 0 Å². The maximum atomic E-state index is 13.0. The number of benzene rings is 3. The van der Waals surface area contributed by atoms with Crippen molar-refractivity contribution >= 4 is 26.7 Å². The van der Waals surface area contributed by atoms with E-state index in [1.54, 1.807) is 30.3 Å². The Hall–Kier alpha value is -4.02. The lowest BCUT2D eigenvalue weighted by atomic mass is 10.1. The van der Waals surface area contributed by atoms with Crippen LogP contribution in [0, 0.1) is 0 Å². The third kappa shape index (κ3) is 4.61. The van der Waals surface area contributed by atoms with Gasteiger partial charge in [0.25, 0.3) is 21.5 Å². The number of carbonyl (C=O) groups is 1. The molecule has 0 aliphatic rings. The van der Waals surface area contributed by atoms with Gasteiger partial charge in [0.05, 0.1) is 19.0 Å². The fraction of sp³-hybridized carbons (Fsp3) is 0.0870. The van der Waals surface area contributed by atoms with Crippen LogP contribution < -0.4 is 20.6 Å². The number of para-hydroxylation sites is 1. The van der Waals surface area contributed by atoms with E-state index in [2.05, 4.69) is 15.4 Å². The number of hydrogen-bond donors (Lipinski definition) is 2. The Morgan fingerprint density at radius 3 is 2.30 bits per heavy atom. The van der Waals surface area contributed by atoms with E-state index in [0.29, 0.717) is 10.8 Å². The summed E-state index contributed by atoms with van der Waals surface area (Å²) in [5.41, 5.74) is 2.55. The van der Waals surface area contributed by atoms with Gasteiger partial charge in [-0.15, -0.1) is 4.83 Å². The smallest absolute Gasteiger partial charge is 0.287 e. The van der Waals surface area contributed by atoms with Crippen LogP contribution in [0.25, 0.3) is 10.8 Å². The van der Waals surface area contributed by atoms with Gasteiger partial charge in [-0.3, -0.25) is 15.0 Å². The molecule has 0 unspecified atom stereocenters. The highest BCUT2D eigenvalue weighted by atomic mass is 32.2. The van der Waals surface area contributed by atoms with Crippen LogP contribution in [0.4, 0.5) is 0 Å². The fourth-order valence-corrected chi connectivity index (χ4v) is 4.35. The van der Waals surface area contributed by atoms with Crippen molar-refractivity contribution in [1.29, 1.82) is 0 Å². The molecule has 4 rings (SSSR count). The van der Waals surface area contributed by atoms with Gasteiger partial charge in [0.15, 0.2) is 5.69 Å². The summed E-state index contributed by atoms with van der Waals surface area (Å²) in [6.07, 6.45) is 0. The molecule has 0 spiro atoms. The molecule has 2 N–H and O–H groups in total. The first-order chi connectivity index (χ1) is 15.9. The van der Waals surface area contributed by atoms with Crippen LogP contribution in [0.2, 0.25) is 0 Å². The van der Waals surface area contributed by atoms with Crippen molar-refractivity contribution in [3.63, 3.8) is 0 Å². The van der Waals surface area contributed by atoms with Crippen LogP contribution in [-0.2, 0) is 16.6 Å². The highest BCUT2D eigenvalue weighted by molar-refractivity contribution is 7.89. The number of methoxy groups -OCH3 is 1. The van der Waals surface area contributed by atoms with E-state index in [0.717, 1.165) is 5.56 Å². The van der Waals surface area contributed by atoms with E-state index >= 15 is 0 Å². The SMILES string of the molecule is COc1ccccc1S(=O)(=O)NNC(=O)c1nn(Cc2ccccc2)c(=O)c2ccccc12. The van der Waals surface area contributed by atoms with Crippen molar-refractivity contribution in [3.05, 3.63) is 100 Å². The van der Waals surface area contributed by atoms with Crippen molar-refractivity contribution in [2.24, 2.45) is 0 Å². The van der Waals surface area contributed by atoms with Crippen LogP contribution in [0.5, 0.6) is 5.75 Å². The number of ether oxygens (including phenoxy) is 1. The fourth-order valence-electron chi connectivity index (χ4n) is 3.33. The molecule has 9 nitrogen and oxygen atoms in total. The summed E-state index contributed by atoms with van der Waals surface area (Å²) in [6, 6.07) is 21.7. The van der Waals surface area contributed by atoms with Gasteiger partial charge in [0.1, 0.15) is 10.6 Å². The summed E-state index contributed by atoms with van der Waals surface area (Å²) in [5, 5.41) is 4.83. The summed E-state index contributed by atoms with van der Waals surface area (Å²) >= 11 is 0. The monoisotopic (exact) mass is 464 g/mol. The molecule has 0 aliphatic heterocycles. The van der Waals surface area contributed by atoms with Crippen molar-refractivity contribution in [1.82, 2.24) is 20.0 Å². The van der Waals surface area contributed by atoms with Crippen LogP contribution in [0.1, 0.15) is 16.1 Å². The molecule has 0 saturated heterocycles. The van der Waals surface area contributed by atoms with Gasteiger partial charge < -0.3 is 4.74 Å². The number of hydrogen-bond acceptors (Lipinski definition) is 6. The number of fused-ring (bicyclic) bond motifs is 1. The van der Waals surface area contributed by atoms with E-state index in [1.165, 1.54) is 30.0 Å². The van der Waals surface area contributed by atoms with E-state index in [-0.39, 0.29) is 28.4 Å². The molecule has 1 amide bonds.